The molecule has 1 unspecified atom stereocenters. The van der Waals surface area contributed by atoms with Crippen LogP contribution >= 0.6 is 15.9 Å². The molecule has 100 valence electrons. The van der Waals surface area contributed by atoms with Gasteiger partial charge in [0.1, 0.15) is 0 Å². The van der Waals surface area contributed by atoms with Crippen molar-refractivity contribution in [3.63, 3.8) is 0 Å². The lowest BCUT2D eigenvalue weighted by Gasteiger charge is -2.22. The molecule has 0 aliphatic carbocycles. The Morgan fingerprint density at radius 3 is 2.94 bits per heavy atom. The van der Waals surface area contributed by atoms with Crippen molar-refractivity contribution in [2.75, 3.05) is 13.1 Å². The van der Waals surface area contributed by atoms with Gasteiger partial charge in [-0.1, -0.05) is 13.8 Å². The Balaban J connectivity index is 2.24. The number of hydrogen-bond acceptors (Lipinski definition) is 3. The summed E-state index contributed by atoms with van der Waals surface area (Å²) in [5, 5.41) is 7.08. The lowest BCUT2D eigenvalue weighted by molar-refractivity contribution is 0.0734. The molecule has 0 saturated carbocycles. The zero-order valence-electron chi connectivity index (χ0n) is 10.7. The second-order valence-corrected chi connectivity index (χ2v) is 5.78. The number of carbonyl (C=O) groups is 1. The first-order valence-corrected chi connectivity index (χ1v) is 7.10. The van der Waals surface area contributed by atoms with Crippen LogP contribution in [0.5, 0.6) is 0 Å². The van der Waals surface area contributed by atoms with Gasteiger partial charge in [0.25, 0.3) is 5.91 Å². The van der Waals surface area contributed by atoms with Crippen LogP contribution in [0.3, 0.4) is 0 Å². The molecule has 2 heterocycles. The fraction of sp³-hybridized carbons (Fsp3) is 0.667. The number of amides is 1. The summed E-state index contributed by atoms with van der Waals surface area (Å²) >= 11 is 3.47. The van der Waals surface area contributed by atoms with E-state index in [4.69, 9.17) is 5.73 Å². The Morgan fingerprint density at radius 2 is 2.39 bits per heavy atom. The molecule has 1 saturated heterocycles. The molecule has 3 N–H and O–H groups in total. The SMILES string of the molecule is CC(C)c1[nH]nc(C(=O)N2CCCC2CN)c1Br. The van der Waals surface area contributed by atoms with Crippen LogP contribution in [0.4, 0.5) is 0 Å². The fourth-order valence-corrected chi connectivity index (χ4v) is 3.16. The highest BCUT2D eigenvalue weighted by molar-refractivity contribution is 9.10. The molecule has 0 radical (unpaired) electrons. The summed E-state index contributed by atoms with van der Waals surface area (Å²) in [7, 11) is 0. The summed E-state index contributed by atoms with van der Waals surface area (Å²) in [6.45, 7) is 5.41. The normalized spacial score (nSPS) is 19.8. The number of nitrogens with two attached hydrogens (primary N) is 1. The molecule has 18 heavy (non-hydrogen) atoms. The minimum Gasteiger partial charge on any atom is -0.333 e. The van der Waals surface area contributed by atoms with Crippen LogP contribution in [0.15, 0.2) is 4.47 Å². The van der Waals surface area contributed by atoms with E-state index >= 15 is 0 Å². The molecule has 2 rings (SSSR count). The van der Waals surface area contributed by atoms with Crippen molar-refractivity contribution in [1.82, 2.24) is 15.1 Å². The zero-order valence-corrected chi connectivity index (χ0v) is 12.3. The Labute approximate surface area is 115 Å². The van der Waals surface area contributed by atoms with Crippen molar-refractivity contribution in [2.24, 2.45) is 5.73 Å². The van der Waals surface area contributed by atoms with E-state index in [0.29, 0.717) is 18.2 Å². The van der Waals surface area contributed by atoms with E-state index in [1.807, 2.05) is 4.90 Å². The number of carbonyl (C=O) groups excluding carboxylic acids is 1. The van der Waals surface area contributed by atoms with Crippen molar-refractivity contribution >= 4 is 21.8 Å². The second-order valence-electron chi connectivity index (χ2n) is 4.98. The molecular formula is C12H19BrN4O. The summed E-state index contributed by atoms with van der Waals surface area (Å²) in [4.78, 5) is 14.3. The number of nitrogens with zero attached hydrogens (tertiary/aromatic N) is 2. The summed E-state index contributed by atoms with van der Waals surface area (Å²) in [5.41, 5.74) is 7.13. The number of aromatic amines is 1. The van der Waals surface area contributed by atoms with E-state index in [1.54, 1.807) is 0 Å². The van der Waals surface area contributed by atoms with Crippen LogP contribution in [-0.4, -0.2) is 40.1 Å². The van der Waals surface area contributed by atoms with E-state index in [2.05, 4.69) is 40.0 Å². The third-order valence-electron chi connectivity index (χ3n) is 3.42. The first kappa shape index (κ1) is 13.5. The second kappa shape index (κ2) is 5.40. The van der Waals surface area contributed by atoms with Crippen molar-refractivity contribution in [3.8, 4) is 0 Å². The van der Waals surface area contributed by atoms with Crippen LogP contribution in [0.1, 0.15) is 48.8 Å². The molecule has 1 aromatic rings. The lowest BCUT2D eigenvalue weighted by Crippen LogP contribution is -2.40. The average molecular weight is 315 g/mol. The third-order valence-corrected chi connectivity index (χ3v) is 4.23. The topological polar surface area (TPSA) is 75.0 Å². The number of halogens is 1. The summed E-state index contributed by atoms with van der Waals surface area (Å²) in [5.74, 6) is 0.273. The Kier molecular flexibility index (Phi) is 4.07. The molecule has 1 aliphatic rings. The minimum atomic E-state index is -0.0297. The number of hydrogen-bond donors (Lipinski definition) is 2. The highest BCUT2D eigenvalue weighted by atomic mass is 79.9. The largest absolute Gasteiger partial charge is 0.333 e. The predicted molar refractivity (Wildman–Crippen MR) is 73.5 cm³/mol. The van der Waals surface area contributed by atoms with Gasteiger partial charge in [0.2, 0.25) is 0 Å². The van der Waals surface area contributed by atoms with Crippen LogP contribution in [0.2, 0.25) is 0 Å². The van der Waals surface area contributed by atoms with Gasteiger partial charge in [-0.15, -0.1) is 0 Å². The summed E-state index contributed by atoms with van der Waals surface area (Å²) in [6.07, 6.45) is 2.01. The van der Waals surface area contributed by atoms with Crippen molar-refractivity contribution in [1.29, 1.82) is 0 Å². The molecule has 1 aromatic heterocycles. The number of H-pyrrole nitrogens is 1. The quantitative estimate of drug-likeness (QED) is 0.894. The van der Waals surface area contributed by atoms with Crippen LogP contribution in [-0.2, 0) is 0 Å². The Bertz CT molecular complexity index is 443. The molecule has 5 nitrogen and oxygen atoms in total. The molecule has 1 amide bonds. The van der Waals surface area contributed by atoms with E-state index in [0.717, 1.165) is 29.6 Å². The highest BCUT2D eigenvalue weighted by Gasteiger charge is 2.31. The van der Waals surface area contributed by atoms with Gasteiger partial charge in [0, 0.05) is 19.1 Å². The number of rotatable bonds is 3. The number of aromatic nitrogens is 2. The first-order valence-electron chi connectivity index (χ1n) is 6.31. The van der Waals surface area contributed by atoms with E-state index in [1.165, 1.54) is 0 Å². The van der Waals surface area contributed by atoms with Gasteiger partial charge in [0.05, 0.1) is 10.2 Å². The number of nitrogens with one attached hydrogen (secondary N) is 1. The van der Waals surface area contributed by atoms with Crippen LogP contribution < -0.4 is 5.73 Å². The van der Waals surface area contributed by atoms with Crippen molar-refractivity contribution in [2.45, 2.75) is 38.6 Å². The first-order chi connectivity index (χ1) is 8.56. The molecule has 0 aromatic carbocycles. The summed E-state index contributed by atoms with van der Waals surface area (Å²) < 4.78 is 0.783. The van der Waals surface area contributed by atoms with E-state index in [9.17, 15) is 4.79 Å². The lowest BCUT2D eigenvalue weighted by atomic mass is 10.1. The van der Waals surface area contributed by atoms with E-state index < -0.39 is 0 Å². The third kappa shape index (κ3) is 2.31. The molecule has 1 fully saturated rings. The molecule has 0 spiro atoms. The van der Waals surface area contributed by atoms with Gasteiger partial charge in [0.15, 0.2) is 5.69 Å². The smallest absolute Gasteiger partial charge is 0.275 e. The van der Waals surface area contributed by atoms with Gasteiger partial charge < -0.3 is 10.6 Å². The van der Waals surface area contributed by atoms with Crippen LogP contribution in [0.25, 0.3) is 0 Å². The molecule has 1 aliphatic heterocycles. The van der Waals surface area contributed by atoms with E-state index in [-0.39, 0.29) is 11.9 Å². The molecular weight excluding hydrogens is 296 g/mol. The zero-order chi connectivity index (χ0) is 13.3. The standard InChI is InChI=1S/C12H19BrN4O/c1-7(2)10-9(13)11(16-15-10)12(18)17-5-3-4-8(17)6-14/h7-8H,3-6,14H2,1-2H3,(H,15,16). The van der Waals surface area contributed by atoms with Gasteiger partial charge in [-0.2, -0.15) is 5.10 Å². The van der Waals surface area contributed by atoms with Gasteiger partial charge in [-0.3, -0.25) is 9.89 Å². The summed E-state index contributed by atoms with van der Waals surface area (Å²) in [6, 6.07) is 0.156. The Morgan fingerprint density at radius 1 is 1.67 bits per heavy atom. The predicted octanol–water partition coefficient (Wildman–Crippen LogP) is 1.86. The minimum absolute atomic E-state index is 0.0297. The van der Waals surface area contributed by atoms with Crippen LogP contribution in [0, 0.1) is 0 Å². The molecule has 6 heteroatoms. The highest BCUT2D eigenvalue weighted by Crippen LogP contribution is 2.28. The maximum atomic E-state index is 12.4. The van der Waals surface area contributed by atoms with Gasteiger partial charge >= 0.3 is 0 Å². The van der Waals surface area contributed by atoms with Crippen molar-refractivity contribution < 1.29 is 4.79 Å². The van der Waals surface area contributed by atoms with Crippen molar-refractivity contribution in [3.05, 3.63) is 15.9 Å². The molecule has 1 atom stereocenters. The maximum absolute atomic E-state index is 12.4. The van der Waals surface area contributed by atoms with Gasteiger partial charge in [-0.05, 0) is 34.7 Å². The average Bonchev–Trinajstić information content (AvgIpc) is 2.93. The fourth-order valence-electron chi connectivity index (χ4n) is 2.35. The number of likely N-dealkylation sites (tertiary alicyclic amines) is 1. The monoisotopic (exact) mass is 314 g/mol. The Hall–Kier alpha value is -0.880. The molecule has 0 bridgehead atoms. The van der Waals surface area contributed by atoms with Gasteiger partial charge in [-0.25, -0.2) is 0 Å². The maximum Gasteiger partial charge on any atom is 0.275 e.